The van der Waals surface area contributed by atoms with Gasteiger partial charge in [0.15, 0.2) is 0 Å². The van der Waals surface area contributed by atoms with E-state index in [2.05, 4.69) is 4.90 Å². The van der Waals surface area contributed by atoms with Crippen molar-refractivity contribution in [3.63, 3.8) is 0 Å². The summed E-state index contributed by atoms with van der Waals surface area (Å²) in [6.45, 7) is 5.85. The Morgan fingerprint density at radius 1 is 1.20 bits per heavy atom. The van der Waals surface area contributed by atoms with Crippen molar-refractivity contribution >= 4 is 11.9 Å². The minimum absolute atomic E-state index is 0.00645. The normalized spacial score (nSPS) is 17.5. The van der Waals surface area contributed by atoms with Crippen LogP contribution in [0.4, 0.5) is 0 Å². The van der Waals surface area contributed by atoms with Gasteiger partial charge in [-0.05, 0) is 32.4 Å². The smallest absolute Gasteiger partial charge is 0.320 e. The molecule has 1 heterocycles. The van der Waals surface area contributed by atoms with Gasteiger partial charge >= 0.3 is 11.9 Å². The molecule has 1 rings (SSSR count). The molecule has 0 saturated carbocycles. The third kappa shape index (κ3) is 5.88. The first-order chi connectivity index (χ1) is 9.54. The van der Waals surface area contributed by atoms with Gasteiger partial charge in [0.1, 0.15) is 6.04 Å². The van der Waals surface area contributed by atoms with E-state index in [0.29, 0.717) is 19.5 Å². The van der Waals surface area contributed by atoms with Crippen LogP contribution in [0.25, 0.3) is 0 Å². The van der Waals surface area contributed by atoms with Gasteiger partial charge in [0.05, 0.1) is 6.42 Å². The average molecular weight is 286 g/mol. The van der Waals surface area contributed by atoms with Crippen molar-refractivity contribution in [1.29, 1.82) is 0 Å². The maximum atomic E-state index is 11.4. The first kappa shape index (κ1) is 16.9. The van der Waals surface area contributed by atoms with Crippen LogP contribution in [0.5, 0.6) is 0 Å². The van der Waals surface area contributed by atoms with E-state index in [1.54, 1.807) is 0 Å². The molecule has 1 unspecified atom stereocenters. The van der Waals surface area contributed by atoms with E-state index in [4.69, 9.17) is 5.11 Å². The number of aliphatic carboxylic acids is 2. The Labute approximate surface area is 120 Å². The molecule has 0 aromatic rings. The highest BCUT2D eigenvalue weighted by molar-refractivity contribution is 5.73. The zero-order valence-electron chi connectivity index (χ0n) is 12.3. The fraction of sp³-hybridized carbons (Fsp3) is 0.857. The van der Waals surface area contributed by atoms with E-state index in [-0.39, 0.29) is 6.42 Å². The molecule has 6 heteroatoms. The predicted octanol–water partition coefficient (Wildman–Crippen LogP) is 1.11. The highest BCUT2D eigenvalue weighted by Crippen LogP contribution is 2.11. The fourth-order valence-corrected chi connectivity index (χ4v) is 2.67. The Balaban J connectivity index is 2.55. The fourth-order valence-electron chi connectivity index (χ4n) is 2.67. The Morgan fingerprint density at radius 3 is 2.35 bits per heavy atom. The number of carboxylic acid groups (broad SMARTS) is 2. The summed E-state index contributed by atoms with van der Waals surface area (Å²) in [6, 6.07) is -0.568. The molecule has 1 aliphatic heterocycles. The number of likely N-dealkylation sites (tertiary alicyclic amines) is 1. The second kappa shape index (κ2) is 8.92. The molecule has 0 bridgehead atoms. The summed E-state index contributed by atoms with van der Waals surface area (Å²) in [4.78, 5) is 26.2. The van der Waals surface area contributed by atoms with Crippen molar-refractivity contribution in [3.8, 4) is 0 Å². The summed E-state index contributed by atoms with van der Waals surface area (Å²) in [5.41, 5.74) is 0. The first-order valence-electron chi connectivity index (χ1n) is 7.45. The van der Waals surface area contributed by atoms with Crippen molar-refractivity contribution in [2.45, 2.75) is 45.1 Å². The minimum Gasteiger partial charge on any atom is -0.481 e. The number of hydrogen-bond acceptors (Lipinski definition) is 4. The van der Waals surface area contributed by atoms with E-state index in [0.717, 1.165) is 26.1 Å². The van der Waals surface area contributed by atoms with Crippen LogP contribution in [0.3, 0.4) is 0 Å². The Morgan fingerprint density at radius 2 is 1.85 bits per heavy atom. The molecule has 6 nitrogen and oxygen atoms in total. The molecular weight excluding hydrogens is 260 g/mol. The minimum atomic E-state index is -0.878. The second-order valence-electron chi connectivity index (χ2n) is 5.37. The van der Waals surface area contributed by atoms with Crippen molar-refractivity contribution in [3.05, 3.63) is 0 Å². The van der Waals surface area contributed by atoms with E-state index in [1.165, 1.54) is 12.8 Å². The van der Waals surface area contributed by atoms with Gasteiger partial charge in [-0.25, -0.2) is 0 Å². The summed E-state index contributed by atoms with van der Waals surface area (Å²) in [6.07, 6.45) is 3.74. The zero-order valence-corrected chi connectivity index (χ0v) is 12.3. The summed E-state index contributed by atoms with van der Waals surface area (Å²) in [7, 11) is 0. The lowest BCUT2D eigenvalue weighted by Crippen LogP contribution is -2.45. The zero-order chi connectivity index (χ0) is 15.0. The molecule has 116 valence electrons. The molecular formula is C14H26N2O4. The quantitative estimate of drug-likeness (QED) is 0.626. The van der Waals surface area contributed by atoms with Gasteiger partial charge in [-0.1, -0.05) is 13.3 Å². The number of rotatable bonds is 10. The lowest BCUT2D eigenvalue weighted by atomic mass is 10.1. The van der Waals surface area contributed by atoms with Gasteiger partial charge in [0.25, 0.3) is 0 Å². The van der Waals surface area contributed by atoms with E-state index >= 15 is 0 Å². The highest BCUT2D eigenvalue weighted by Gasteiger charge is 2.25. The van der Waals surface area contributed by atoms with E-state index in [9.17, 15) is 14.7 Å². The lowest BCUT2D eigenvalue weighted by molar-refractivity contribution is -0.145. The Kier molecular flexibility index (Phi) is 7.54. The van der Waals surface area contributed by atoms with Gasteiger partial charge in [-0.15, -0.1) is 0 Å². The van der Waals surface area contributed by atoms with Crippen LogP contribution >= 0.6 is 0 Å². The van der Waals surface area contributed by atoms with Gasteiger partial charge < -0.3 is 15.1 Å². The van der Waals surface area contributed by atoms with Crippen molar-refractivity contribution in [2.24, 2.45) is 0 Å². The summed E-state index contributed by atoms with van der Waals surface area (Å²) in [5, 5.41) is 18.1. The van der Waals surface area contributed by atoms with Crippen LogP contribution in [0.15, 0.2) is 0 Å². The monoisotopic (exact) mass is 286 g/mol. The van der Waals surface area contributed by atoms with Crippen LogP contribution in [0, 0.1) is 0 Å². The van der Waals surface area contributed by atoms with Gasteiger partial charge in [-0.2, -0.15) is 0 Å². The van der Waals surface area contributed by atoms with Gasteiger partial charge in [0, 0.05) is 19.6 Å². The summed E-state index contributed by atoms with van der Waals surface area (Å²) in [5.74, 6) is -1.73. The highest BCUT2D eigenvalue weighted by atomic mass is 16.4. The van der Waals surface area contributed by atoms with Crippen molar-refractivity contribution < 1.29 is 19.8 Å². The topological polar surface area (TPSA) is 81.1 Å². The number of nitrogens with zero attached hydrogens (tertiary/aromatic N) is 2. The van der Waals surface area contributed by atoms with Crippen LogP contribution in [0.1, 0.15) is 39.0 Å². The molecule has 20 heavy (non-hydrogen) atoms. The van der Waals surface area contributed by atoms with Crippen molar-refractivity contribution in [2.75, 3.05) is 32.7 Å². The molecule has 1 atom stereocenters. The molecule has 0 spiro atoms. The summed E-state index contributed by atoms with van der Waals surface area (Å²) < 4.78 is 0. The number of carbonyl (C=O) groups is 2. The van der Waals surface area contributed by atoms with Gasteiger partial charge in [0.2, 0.25) is 0 Å². The molecule has 1 saturated heterocycles. The maximum absolute atomic E-state index is 11.4. The molecule has 0 aromatic carbocycles. The molecule has 1 aliphatic rings. The standard InChI is InChI=1S/C14H26N2O4/c1-2-5-12(14(19)20)16(9-6-13(17)18)11-10-15-7-3-4-8-15/h12H,2-11H2,1H3,(H,17,18)(H,19,20). The molecule has 0 radical (unpaired) electrons. The molecule has 0 aromatic heterocycles. The number of hydrogen-bond donors (Lipinski definition) is 2. The van der Waals surface area contributed by atoms with Crippen LogP contribution in [-0.2, 0) is 9.59 Å². The van der Waals surface area contributed by atoms with Crippen LogP contribution in [-0.4, -0.2) is 70.7 Å². The van der Waals surface area contributed by atoms with Gasteiger partial charge in [-0.3, -0.25) is 14.5 Å². The Bertz CT molecular complexity index is 316. The van der Waals surface area contributed by atoms with Crippen LogP contribution in [0.2, 0.25) is 0 Å². The van der Waals surface area contributed by atoms with E-state index < -0.39 is 18.0 Å². The van der Waals surface area contributed by atoms with Crippen molar-refractivity contribution in [1.82, 2.24) is 9.80 Å². The molecule has 1 fully saturated rings. The molecule has 0 amide bonds. The average Bonchev–Trinajstić information content (AvgIpc) is 2.89. The summed E-state index contributed by atoms with van der Waals surface area (Å²) >= 11 is 0. The SMILES string of the molecule is CCCC(C(=O)O)N(CCC(=O)O)CCN1CCCC1. The third-order valence-electron chi connectivity index (χ3n) is 3.80. The largest absolute Gasteiger partial charge is 0.481 e. The molecule has 0 aliphatic carbocycles. The van der Waals surface area contributed by atoms with Crippen LogP contribution < -0.4 is 0 Å². The van der Waals surface area contributed by atoms with E-state index in [1.807, 2.05) is 11.8 Å². The Hall–Kier alpha value is -1.14. The number of carboxylic acids is 2. The first-order valence-corrected chi connectivity index (χ1v) is 7.45. The second-order valence-corrected chi connectivity index (χ2v) is 5.37. The third-order valence-corrected chi connectivity index (χ3v) is 3.80. The molecule has 2 N–H and O–H groups in total. The predicted molar refractivity (Wildman–Crippen MR) is 75.8 cm³/mol. The maximum Gasteiger partial charge on any atom is 0.320 e. The lowest BCUT2D eigenvalue weighted by Gasteiger charge is -2.30.